The van der Waals surface area contributed by atoms with Gasteiger partial charge in [0.2, 0.25) is 5.69 Å². The number of nitro groups is 1. The van der Waals surface area contributed by atoms with Crippen molar-refractivity contribution in [1.82, 2.24) is 4.98 Å². The Hall–Kier alpha value is -1.83. The molecule has 6 nitrogen and oxygen atoms in total. The molecule has 0 aromatic carbocycles. The van der Waals surface area contributed by atoms with E-state index in [0.717, 1.165) is 7.11 Å². The third kappa shape index (κ3) is 2.64. The van der Waals surface area contributed by atoms with Gasteiger partial charge in [-0.05, 0) is 11.6 Å². The number of hydrogen-bond acceptors (Lipinski definition) is 5. The van der Waals surface area contributed by atoms with E-state index in [2.05, 4.69) is 9.72 Å². The first kappa shape index (κ1) is 13.2. The Bertz CT molecular complexity index is 481. The molecule has 0 radical (unpaired) electrons. The van der Waals surface area contributed by atoms with Crippen molar-refractivity contribution in [2.24, 2.45) is 0 Å². The number of pyridine rings is 1. The van der Waals surface area contributed by atoms with Gasteiger partial charge in [-0.2, -0.15) is 0 Å². The van der Waals surface area contributed by atoms with Crippen LogP contribution >= 0.6 is 11.6 Å². The van der Waals surface area contributed by atoms with Gasteiger partial charge >= 0.3 is 5.69 Å². The van der Waals surface area contributed by atoms with Gasteiger partial charge < -0.3 is 4.74 Å². The number of rotatable bonds is 4. The fourth-order valence-electron chi connectivity index (χ4n) is 1.10. The zero-order valence-corrected chi connectivity index (χ0v) is 9.07. The van der Waals surface area contributed by atoms with E-state index in [4.69, 9.17) is 11.6 Å². The standard InChI is InChI=1S/C8H5ClF2N2O4/c1-17-4-2-3(13(15)16)5(7(9)14)12-6(4)8(10)11/h2,8H,1H3. The van der Waals surface area contributed by atoms with Crippen LogP contribution < -0.4 is 4.74 Å². The highest BCUT2D eigenvalue weighted by Crippen LogP contribution is 2.32. The molecular formula is C8H5ClF2N2O4. The summed E-state index contributed by atoms with van der Waals surface area (Å²) >= 11 is 5.03. The van der Waals surface area contributed by atoms with Crippen LogP contribution in [0.15, 0.2) is 6.07 Å². The molecule has 0 bridgehead atoms. The maximum absolute atomic E-state index is 12.5. The predicted octanol–water partition coefficient (Wildman–Crippen LogP) is 2.32. The molecule has 1 aromatic rings. The number of nitrogens with zero attached hydrogens (tertiary/aromatic N) is 2. The minimum absolute atomic E-state index is 0.478. The van der Waals surface area contributed by atoms with Gasteiger partial charge in [0.15, 0.2) is 5.75 Å². The van der Waals surface area contributed by atoms with Gasteiger partial charge in [-0.1, -0.05) is 0 Å². The van der Waals surface area contributed by atoms with Crippen LogP contribution in [0.5, 0.6) is 5.75 Å². The Labute approximate surface area is 98.3 Å². The van der Waals surface area contributed by atoms with E-state index in [1.165, 1.54) is 0 Å². The number of hydrogen-bond donors (Lipinski definition) is 0. The highest BCUT2D eigenvalue weighted by atomic mass is 35.5. The fraction of sp³-hybridized carbons (Fsp3) is 0.250. The van der Waals surface area contributed by atoms with E-state index in [-0.39, 0.29) is 0 Å². The Balaban J connectivity index is 3.53. The summed E-state index contributed by atoms with van der Waals surface area (Å²) in [6.07, 6.45) is -3.04. The van der Waals surface area contributed by atoms with Crippen molar-refractivity contribution >= 4 is 22.5 Å². The van der Waals surface area contributed by atoms with Crippen LogP contribution in [0, 0.1) is 10.1 Å². The molecule has 1 rings (SSSR count). The number of methoxy groups -OCH3 is 1. The molecule has 0 aliphatic rings. The average molecular weight is 267 g/mol. The van der Waals surface area contributed by atoms with Crippen LogP contribution in [0.1, 0.15) is 22.6 Å². The zero-order valence-electron chi connectivity index (χ0n) is 8.32. The Morgan fingerprint density at radius 2 is 2.24 bits per heavy atom. The molecule has 9 heteroatoms. The number of ether oxygens (including phenoxy) is 1. The van der Waals surface area contributed by atoms with Gasteiger partial charge in [0.05, 0.1) is 18.1 Å². The third-order valence-electron chi connectivity index (χ3n) is 1.80. The Morgan fingerprint density at radius 1 is 1.65 bits per heavy atom. The van der Waals surface area contributed by atoms with Gasteiger partial charge in [-0.15, -0.1) is 0 Å². The quantitative estimate of drug-likeness (QED) is 0.474. The van der Waals surface area contributed by atoms with E-state index >= 15 is 0 Å². The summed E-state index contributed by atoms with van der Waals surface area (Å²) in [5.74, 6) is -0.478. The molecule has 1 heterocycles. The van der Waals surface area contributed by atoms with Crippen LogP contribution in [0.25, 0.3) is 0 Å². The van der Waals surface area contributed by atoms with Gasteiger partial charge in [-0.25, -0.2) is 13.8 Å². The van der Waals surface area contributed by atoms with Crippen LogP contribution in [0.2, 0.25) is 0 Å². The molecule has 0 spiro atoms. The zero-order chi connectivity index (χ0) is 13.2. The molecule has 0 unspecified atom stereocenters. The van der Waals surface area contributed by atoms with Crippen molar-refractivity contribution in [3.63, 3.8) is 0 Å². The lowest BCUT2D eigenvalue weighted by Crippen LogP contribution is -2.07. The number of carbonyl (C=O) groups is 1. The number of carbonyl (C=O) groups excluding carboxylic acids is 1. The molecule has 0 aliphatic carbocycles. The molecule has 0 saturated carbocycles. The molecular weight excluding hydrogens is 262 g/mol. The molecule has 92 valence electrons. The van der Waals surface area contributed by atoms with Crippen molar-refractivity contribution < 1.29 is 23.2 Å². The van der Waals surface area contributed by atoms with E-state index in [9.17, 15) is 23.7 Å². The van der Waals surface area contributed by atoms with Crippen LogP contribution in [-0.2, 0) is 0 Å². The maximum Gasteiger partial charge on any atom is 0.303 e. The first-order valence-corrected chi connectivity index (χ1v) is 4.47. The number of halogens is 3. The van der Waals surface area contributed by atoms with Crippen molar-refractivity contribution in [3.8, 4) is 5.75 Å². The number of alkyl halides is 2. The summed E-state index contributed by atoms with van der Waals surface area (Å²) in [7, 11) is 1.05. The van der Waals surface area contributed by atoms with E-state index in [0.29, 0.717) is 6.07 Å². The average Bonchev–Trinajstić information content (AvgIpc) is 2.26. The number of aromatic nitrogens is 1. The maximum atomic E-state index is 12.5. The second-order valence-electron chi connectivity index (χ2n) is 2.78. The summed E-state index contributed by atoms with van der Waals surface area (Å²) in [6.45, 7) is 0. The smallest absolute Gasteiger partial charge is 0.303 e. The molecule has 1 aromatic heterocycles. The van der Waals surface area contributed by atoms with Gasteiger partial charge in [0.25, 0.3) is 11.7 Å². The first-order valence-electron chi connectivity index (χ1n) is 4.09. The summed E-state index contributed by atoms with van der Waals surface area (Å²) < 4.78 is 29.6. The van der Waals surface area contributed by atoms with E-state index < -0.39 is 39.4 Å². The van der Waals surface area contributed by atoms with Crippen LogP contribution in [0.4, 0.5) is 14.5 Å². The topological polar surface area (TPSA) is 82.3 Å². The Kier molecular flexibility index (Phi) is 3.89. The van der Waals surface area contributed by atoms with Crippen molar-refractivity contribution in [2.75, 3.05) is 7.11 Å². The summed E-state index contributed by atoms with van der Waals surface area (Å²) in [5.41, 5.74) is -2.50. The Morgan fingerprint density at radius 3 is 2.59 bits per heavy atom. The van der Waals surface area contributed by atoms with Crippen LogP contribution in [0.3, 0.4) is 0 Å². The van der Waals surface area contributed by atoms with Crippen LogP contribution in [-0.4, -0.2) is 22.3 Å². The molecule has 0 fully saturated rings. The molecule has 0 amide bonds. The SMILES string of the molecule is COc1cc([N+](=O)[O-])c(C(=O)Cl)nc1C(F)F. The minimum Gasteiger partial charge on any atom is -0.494 e. The summed E-state index contributed by atoms with van der Waals surface area (Å²) in [4.78, 5) is 23.7. The fourth-order valence-corrected chi connectivity index (χ4v) is 1.24. The highest BCUT2D eigenvalue weighted by Gasteiger charge is 2.27. The summed E-state index contributed by atoms with van der Waals surface area (Å²) in [6, 6.07) is 0.685. The monoisotopic (exact) mass is 266 g/mol. The summed E-state index contributed by atoms with van der Waals surface area (Å²) in [5, 5.41) is 9.30. The first-order chi connectivity index (χ1) is 7.88. The normalized spacial score (nSPS) is 10.4. The molecule has 0 atom stereocenters. The van der Waals surface area contributed by atoms with Crippen molar-refractivity contribution in [2.45, 2.75) is 6.43 Å². The minimum atomic E-state index is -3.04. The molecule has 0 N–H and O–H groups in total. The largest absolute Gasteiger partial charge is 0.494 e. The lowest BCUT2D eigenvalue weighted by molar-refractivity contribution is -0.385. The molecule has 17 heavy (non-hydrogen) atoms. The third-order valence-corrected chi connectivity index (χ3v) is 1.98. The van der Waals surface area contributed by atoms with Gasteiger partial charge in [-0.3, -0.25) is 14.9 Å². The molecule has 0 saturated heterocycles. The van der Waals surface area contributed by atoms with E-state index in [1.54, 1.807) is 0 Å². The van der Waals surface area contributed by atoms with Crippen molar-refractivity contribution in [1.29, 1.82) is 0 Å². The second kappa shape index (κ2) is 5.00. The van der Waals surface area contributed by atoms with Gasteiger partial charge in [0, 0.05) is 0 Å². The van der Waals surface area contributed by atoms with Gasteiger partial charge in [0.1, 0.15) is 5.69 Å². The second-order valence-corrected chi connectivity index (χ2v) is 3.12. The lowest BCUT2D eigenvalue weighted by atomic mass is 10.2. The van der Waals surface area contributed by atoms with Crippen molar-refractivity contribution in [3.05, 3.63) is 27.6 Å². The van der Waals surface area contributed by atoms with E-state index in [1.807, 2.05) is 0 Å². The predicted molar refractivity (Wildman–Crippen MR) is 52.6 cm³/mol. The molecule has 0 aliphatic heterocycles. The highest BCUT2D eigenvalue weighted by molar-refractivity contribution is 6.67. The lowest BCUT2D eigenvalue weighted by Gasteiger charge is -2.07.